The fourth-order valence-corrected chi connectivity index (χ4v) is 5.43. The molecule has 220 valence electrons. The van der Waals surface area contributed by atoms with Gasteiger partial charge in [-0.3, -0.25) is 4.68 Å². The number of anilines is 1. The molecule has 6 rings (SSSR count). The quantitative estimate of drug-likeness (QED) is 0.188. The Hall–Kier alpha value is -4.73. The molecule has 43 heavy (non-hydrogen) atoms. The number of aromatic nitrogens is 3. The minimum absolute atomic E-state index is 0.162. The van der Waals surface area contributed by atoms with Gasteiger partial charge in [0.1, 0.15) is 23.0 Å². The second-order valence-corrected chi connectivity index (χ2v) is 10.7. The second kappa shape index (κ2) is 10.8. The van der Waals surface area contributed by atoms with Gasteiger partial charge in [0, 0.05) is 58.6 Å². The highest BCUT2D eigenvalue weighted by atomic mass is 19.4. The van der Waals surface area contributed by atoms with Crippen LogP contribution in [0, 0.1) is 17.5 Å². The Kier molecular flexibility index (Phi) is 7.15. The molecule has 10 heteroatoms. The predicted octanol–water partition coefficient (Wildman–Crippen LogP) is 9.34. The molecule has 0 aliphatic rings. The number of rotatable bonds is 7. The standard InChI is InChI=1S/C33H26F6N4/c1-19(2)42-12-11-21-13-20(9-10-30(21)42)17-40-24-6-3-5-22(14-24)32-25-7-4-8-27(33(37,38)39)31(25)41-43(32)18-26-28(35)15-23(34)16-29(26)36/h3-16,19,40H,17-18H2,1-2H3. The number of halogens is 6. The van der Waals surface area contributed by atoms with Crippen LogP contribution < -0.4 is 5.32 Å². The highest BCUT2D eigenvalue weighted by molar-refractivity contribution is 5.96. The number of nitrogens with one attached hydrogen (secondary N) is 1. The molecule has 0 radical (unpaired) electrons. The first-order valence-electron chi connectivity index (χ1n) is 13.6. The Morgan fingerprint density at radius 3 is 2.33 bits per heavy atom. The van der Waals surface area contributed by atoms with Crippen molar-refractivity contribution in [3.63, 3.8) is 0 Å². The summed E-state index contributed by atoms with van der Waals surface area (Å²) in [6.45, 7) is 4.17. The van der Waals surface area contributed by atoms with E-state index in [1.165, 1.54) is 12.1 Å². The summed E-state index contributed by atoms with van der Waals surface area (Å²) < 4.78 is 87.8. The van der Waals surface area contributed by atoms with E-state index in [-0.39, 0.29) is 16.6 Å². The van der Waals surface area contributed by atoms with Crippen LogP contribution in [-0.4, -0.2) is 14.3 Å². The van der Waals surface area contributed by atoms with E-state index in [0.29, 0.717) is 36.0 Å². The fraction of sp³-hybridized carbons (Fsp3) is 0.182. The van der Waals surface area contributed by atoms with Crippen molar-refractivity contribution in [2.24, 2.45) is 0 Å². The average molecular weight is 593 g/mol. The van der Waals surface area contributed by atoms with Gasteiger partial charge in [-0.25, -0.2) is 13.2 Å². The third-order valence-electron chi connectivity index (χ3n) is 7.46. The SMILES string of the molecule is CC(C)n1ccc2cc(CNc3cccc(-c4c5cccc(C(F)(F)F)c5nn4Cc4c(F)cc(F)cc4F)c3)ccc21. The minimum Gasteiger partial charge on any atom is -0.381 e. The minimum atomic E-state index is -4.71. The van der Waals surface area contributed by atoms with Gasteiger partial charge in [-0.1, -0.05) is 30.3 Å². The molecule has 0 fully saturated rings. The molecule has 0 unspecified atom stereocenters. The van der Waals surface area contributed by atoms with E-state index in [1.54, 1.807) is 18.2 Å². The van der Waals surface area contributed by atoms with Crippen LogP contribution in [0.3, 0.4) is 0 Å². The number of hydrogen-bond donors (Lipinski definition) is 1. The maximum Gasteiger partial charge on any atom is 0.418 e. The summed E-state index contributed by atoms with van der Waals surface area (Å²) in [5.74, 6) is -3.41. The molecule has 0 saturated heterocycles. The van der Waals surface area contributed by atoms with Gasteiger partial charge in [-0.15, -0.1) is 0 Å². The van der Waals surface area contributed by atoms with E-state index in [0.717, 1.165) is 27.2 Å². The Balaban J connectivity index is 1.38. The van der Waals surface area contributed by atoms with Gasteiger partial charge >= 0.3 is 6.18 Å². The molecule has 0 aliphatic carbocycles. The molecule has 0 bridgehead atoms. The van der Waals surface area contributed by atoms with Crippen LogP contribution >= 0.6 is 0 Å². The molecule has 6 aromatic rings. The summed E-state index contributed by atoms with van der Waals surface area (Å²) in [6, 6.07) is 20.3. The molecule has 0 spiro atoms. The molecular formula is C33H26F6N4. The number of benzene rings is 4. The zero-order chi connectivity index (χ0) is 30.5. The molecule has 0 amide bonds. The van der Waals surface area contributed by atoms with Gasteiger partial charge in [-0.05, 0) is 61.2 Å². The van der Waals surface area contributed by atoms with Crippen molar-refractivity contribution in [3.8, 4) is 11.3 Å². The van der Waals surface area contributed by atoms with Crippen molar-refractivity contribution in [3.05, 3.63) is 119 Å². The molecule has 2 heterocycles. The largest absolute Gasteiger partial charge is 0.418 e. The lowest BCUT2D eigenvalue weighted by atomic mass is 10.0. The number of fused-ring (bicyclic) bond motifs is 2. The van der Waals surface area contributed by atoms with E-state index >= 15 is 0 Å². The third-order valence-corrected chi connectivity index (χ3v) is 7.46. The molecular weight excluding hydrogens is 566 g/mol. The average Bonchev–Trinajstić information content (AvgIpc) is 3.54. The van der Waals surface area contributed by atoms with Crippen LogP contribution in [0.5, 0.6) is 0 Å². The summed E-state index contributed by atoms with van der Waals surface area (Å²) in [6.07, 6.45) is -2.65. The monoisotopic (exact) mass is 592 g/mol. The first-order chi connectivity index (χ1) is 20.5. The van der Waals surface area contributed by atoms with Crippen molar-refractivity contribution < 1.29 is 26.3 Å². The van der Waals surface area contributed by atoms with Crippen LogP contribution in [0.2, 0.25) is 0 Å². The lowest BCUT2D eigenvalue weighted by molar-refractivity contribution is -0.136. The number of hydrogen-bond acceptors (Lipinski definition) is 2. The van der Waals surface area contributed by atoms with Gasteiger partial charge in [0.2, 0.25) is 0 Å². The number of nitrogens with zero attached hydrogens (tertiary/aromatic N) is 3. The fourth-order valence-electron chi connectivity index (χ4n) is 5.43. The lowest BCUT2D eigenvalue weighted by Crippen LogP contribution is -2.09. The van der Waals surface area contributed by atoms with Gasteiger partial charge in [0.15, 0.2) is 0 Å². The summed E-state index contributed by atoms with van der Waals surface area (Å²) >= 11 is 0. The van der Waals surface area contributed by atoms with E-state index in [1.807, 2.05) is 12.1 Å². The highest BCUT2D eigenvalue weighted by Gasteiger charge is 2.34. The first-order valence-corrected chi connectivity index (χ1v) is 13.6. The molecule has 4 nitrogen and oxygen atoms in total. The van der Waals surface area contributed by atoms with Crippen molar-refractivity contribution in [1.29, 1.82) is 0 Å². The van der Waals surface area contributed by atoms with Crippen LogP contribution in [0.1, 0.15) is 36.6 Å². The molecule has 2 aromatic heterocycles. The van der Waals surface area contributed by atoms with Crippen LogP contribution in [0.25, 0.3) is 33.1 Å². The first kappa shape index (κ1) is 28.4. The maximum absolute atomic E-state index is 14.6. The zero-order valence-corrected chi connectivity index (χ0v) is 23.2. The number of alkyl halides is 3. The second-order valence-electron chi connectivity index (χ2n) is 10.7. The Morgan fingerprint density at radius 1 is 0.860 bits per heavy atom. The van der Waals surface area contributed by atoms with Crippen molar-refractivity contribution in [1.82, 2.24) is 14.3 Å². The molecule has 4 aromatic carbocycles. The van der Waals surface area contributed by atoms with E-state index in [2.05, 4.69) is 53.2 Å². The van der Waals surface area contributed by atoms with Crippen LogP contribution in [0.4, 0.5) is 32.0 Å². The van der Waals surface area contributed by atoms with Gasteiger partial charge in [0.05, 0.1) is 17.8 Å². The smallest absolute Gasteiger partial charge is 0.381 e. The van der Waals surface area contributed by atoms with Crippen molar-refractivity contribution >= 4 is 27.5 Å². The summed E-state index contributed by atoms with van der Waals surface area (Å²) in [7, 11) is 0. The maximum atomic E-state index is 14.6. The highest BCUT2D eigenvalue weighted by Crippen LogP contribution is 2.39. The van der Waals surface area contributed by atoms with Crippen molar-refractivity contribution in [2.45, 2.75) is 39.2 Å². The lowest BCUT2D eigenvalue weighted by Gasteiger charge is -2.13. The van der Waals surface area contributed by atoms with E-state index in [4.69, 9.17) is 0 Å². The Bertz CT molecular complexity index is 1950. The van der Waals surface area contributed by atoms with E-state index in [9.17, 15) is 26.3 Å². The Labute approximate surface area is 243 Å². The predicted molar refractivity (Wildman–Crippen MR) is 155 cm³/mol. The molecule has 1 N–H and O–H groups in total. The van der Waals surface area contributed by atoms with Gasteiger partial charge < -0.3 is 9.88 Å². The van der Waals surface area contributed by atoms with Crippen LogP contribution in [0.15, 0.2) is 85.1 Å². The normalized spacial score (nSPS) is 12.1. The van der Waals surface area contributed by atoms with E-state index < -0.39 is 41.3 Å². The summed E-state index contributed by atoms with van der Waals surface area (Å²) in [4.78, 5) is 0. The zero-order valence-electron chi connectivity index (χ0n) is 23.2. The van der Waals surface area contributed by atoms with Crippen LogP contribution in [-0.2, 0) is 19.3 Å². The summed E-state index contributed by atoms with van der Waals surface area (Å²) in [5, 5.41) is 8.80. The van der Waals surface area contributed by atoms with Crippen molar-refractivity contribution in [2.75, 3.05) is 5.32 Å². The van der Waals surface area contributed by atoms with Gasteiger partial charge in [-0.2, -0.15) is 18.3 Å². The topological polar surface area (TPSA) is 34.8 Å². The van der Waals surface area contributed by atoms with Gasteiger partial charge in [0.25, 0.3) is 0 Å². The molecule has 0 aliphatic heterocycles. The molecule has 0 saturated carbocycles. The summed E-state index contributed by atoms with van der Waals surface area (Å²) in [5.41, 5.74) is 1.74. The third kappa shape index (κ3) is 5.45. The molecule has 0 atom stereocenters. The Morgan fingerprint density at radius 2 is 1.60 bits per heavy atom.